The molecule has 1 saturated heterocycles. The maximum absolute atomic E-state index is 11.9. The van der Waals surface area contributed by atoms with E-state index in [1.807, 2.05) is 14.1 Å². The fourth-order valence-corrected chi connectivity index (χ4v) is 1.83. The lowest BCUT2D eigenvalue weighted by Gasteiger charge is -2.42. The summed E-state index contributed by atoms with van der Waals surface area (Å²) in [5, 5.41) is 2.76. The summed E-state index contributed by atoms with van der Waals surface area (Å²) in [5.41, 5.74) is 0.738. The van der Waals surface area contributed by atoms with Crippen LogP contribution in [0.1, 0.15) is 5.69 Å². The molecule has 0 saturated carbocycles. The van der Waals surface area contributed by atoms with Crippen molar-refractivity contribution in [3.63, 3.8) is 0 Å². The summed E-state index contributed by atoms with van der Waals surface area (Å²) in [5.74, 6) is 0.500. The van der Waals surface area contributed by atoms with Gasteiger partial charge in [0.05, 0.1) is 12.3 Å². The molecule has 0 aliphatic carbocycles. The molecule has 104 valence electrons. The molecule has 1 aromatic rings. The van der Waals surface area contributed by atoms with Gasteiger partial charge in [0.25, 0.3) is 0 Å². The number of likely N-dealkylation sites (tertiary alicyclic amines) is 1. The van der Waals surface area contributed by atoms with Crippen LogP contribution in [0.25, 0.3) is 0 Å². The summed E-state index contributed by atoms with van der Waals surface area (Å²) >= 11 is 0. The SMILES string of the molecule is COCc1cc(NC(=O)N2CC(N(C)C)C2)ncn1. The number of nitrogens with zero attached hydrogens (tertiary/aromatic N) is 4. The first-order valence-corrected chi connectivity index (χ1v) is 6.12. The van der Waals surface area contributed by atoms with Crippen LogP contribution in [0.15, 0.2) is 12.4 Å². The Morgan fingerprint density at radius 1 is 1.53 bits per heavy atom. The highest BCUT2D eigenvalue weighted by atomic mass is 16.5. The maximum atomic E-state index is 11.9. The first kappa shape index (κ1) is 13.7. The molecule has 19 heavy (non-hydrogen) atoms. The lowest BCUT2D eigenvalue weighted by atomic mass is 10.1. The van der Waals surface area contributed by atoms with Crippen molar-refractivity contribution in [2.75, 3.05) is 39.6 Å². The van der Waals surface area contributed by atoms with Crippen LogP contribution in [0.2, 0.25) is 0 Å². The molecule has 1 aliphatic rings. The van der Waals surface area contributed by atoms with Gasteiger partial charge in [-0.3, -0.25) is 5.32 Å². The highest BCUT2D eigenvalue weighted by Gasteiger charge is 2.31. The molecule has 0 aromatic carbocycles. The summed E-state index contributed by atoms with van der Waals surface area (Å²) in [4.78, 5) is 23.9. The number of aromatic nitrogens is 2. The van der Waals surface area contributed by atoms with Crippen molar-refractivity contribution in [1.82, 2.24) is 19.8 Å². The van der Waals surface area contributed by atoms with Crippen LogP contribution in [0.4, 0.5) is 10.6 Å². The minimum absolute atomic E-state index is 0.125. The van der Waals surface area contributed by atoms with E-state index in [1.54, 1.807) is 18.1 Å². The van der Waals surface area contributed by atoms with E-state index in [-0.39, 0.29) is 6.03 Å². The molecule has 0 radical (unpaired) electrons. The summed E-state index contributed by atoms with van der Waals surface area (Å²) in [6, 6.07) is 2.03. The van der Waals surface area contributed by atoms with Crippen LogP contribution in [0.3, 0.4) is 0 Å². The van der Waals surface area contributed by atoms with E-state index in [9.17, 15) is 4.79 Å². The zero-order chi connectivity index (χ0) is 13.8. The number of nitrogens with one attached hydrogen (secondary N) is 1. The third-order valence-electron chi connectivity index (χ3n) is 3.13. The molecule has 0 unspecified atom stereocenters. The van der Waals surface area contributed by atoms with Gasteiger partial charge < -0.3 is 14.5 Å². The van der Waals surface area contributed by atoms with Gasteiger partial charge in [-0.25, -0.2) is 14.8 Å². The molecule has 7 nitrogen and oxygen atoms in total. The summed E-state index contributed by atoms with van der Waals surface area (Å²) in [6.45, 7) is 1.89. The number of rotatable bonds is 4. The third kappa shape index (κ3) is 3.39. The van der Waals surface area contributed by atoms with E-state index in [2.05, 4.69) is 20.2 Å². The molecule has 2 amide bonds. The van der Waals surface area contributed by atoms with Crippen LogP contribution in [0, 0.1) is 0 Å². The number of amides is 2. The van der Waals surface area contributed by atoms with Crippen LogP contribution in [0.5, 0.6) is 0 Å². The summed E-state index contributed by atoms with van der Waals surface area (Å²) in [6.07, 6.45) is 1.42. The summed E-state index contributed by atoms with van der Waals surface area (Å²) < 4.78 is 4.99. The quantitative estimate of drug-likeness (QED) is 0.853. The minimum Gasteiger partial charge on any atom is -0.378 e. The third-order valence-corrected chi connectivity index (χ3v) is 3.13. The van der Waals surface area contributed by atoms with Gasteiger partial charge in [-0.1, -0.05) is 0 Å². The van der Waals surface area contributed by atoms with E-state index in [4.69, 9.17) is 4.74 Å². The Morgan fingerprint density at radius 3 is 2.89 bits per heavy atom. The number of hydrogen-bond donors (Lipinski definition) is 1. The average molecular weight is 265 g/mol. The molecular weight excluding hydrogens is 246 g/mol. The molecule has 7 heteroatoms. The zero-order valence-corrected chi connectivity index (χ0v) is 11.5. The number of anilines is 1. The number of carbonyl (C=O) groups is 1. The molecule has 2 heterocycles. The smallest absolute Gasteiger partial charge is 0.323 e. The molecule has 0 bridgehead atoms. The average Bonchev–Trinajstić information content (AvgIpc) is 2.27. The Labute approximate surface area is 112 Å². The van der Waals surface area contributed by atoms with Gasteiger partial charge in [-0.2, -0.15) is 0 Å². The van der Waals surface area contributed by atoms with Gasteiger partial charge in [-0.05, 0) is 14.1 Å². The molecular formula is C12H19N5O2. The molecule has 0 spiro atoms. The molecule has 1 aliphatic heterocycles. The lowest BCUT2D eigenvalue weighted by Crippen LogP contribution is -2.60. The van der Waals surface area contributed by atoms with Gasteiger partial charge in [-0.15, -0.1) is 0 Å². The monoisotopic (exact) mass is 265 g/mol. The van der Waals surface area contributed by atoms with Crippen LogP contribution < -0.4 is 5.32 Å². The van der Waals surface area contributed by atoms with Crippen LogP contribution in [-0.2, 0) is 11.3 Å². The Hall–Kier alpha value is -1.73. The Balaban J connectivity index is 1.87. The van der Waals surface area contributed by atoms with Crippen molar-refractivity contribution in [3.05, 3.63) is 18.1 Å². The molecule has 2 rings (SSSR count). The van der Waals surface area contributed by atoms with Gasteiger partial charge >= 0.3 is 6.03 Å². The van der Waals surface area contributed by atoms with Crippen molar-refractivity contribution in [2.45, 2.75) is 12.6 Å². The number of methoxy groups -OCH3 is 1. The van der Waals surface area contributed by atoms with E-state index in [0.29, 0.717) is 18.5 Å². The number of urea groups is 1. The second kappa shape index (κ2) is 5.94. The standard InChI is InChI=1S/C12H19N5O2/c1-16(2)10-5-17(6-10)12(18)15-11-4-9(7-19-3)13-8-14-11/h4,8,10H,5-7H2,1-3H3,(H,13,14,15,18). The second-order valence-electron chi connectivity index (χ2n) is 4.78. The lowest BCUT2D eigenvalue weighted by molar-refractivity contribution is 0.0942. The van der Waals surface area contributed by atoms with Gasteiger partial charge in [0.15, 0.2) is 0 Å². The molecule has 1 fully saturated rings. The first-order valence-electron chi connectivity index (χ1n) is 6.12. The zero-order valence-electron chi connectivity index (χ0n) is 11.5. The number of ether oxygens (including phenoxy) is 1. The van der Waals surface area contributed by atoms with Crippen molar-refractivity contribution < 1.29 is 9.53 Å². The van der Waals surface area contributed by atoms with Crippen LogP contribution >= 0.6 is 0 Å². The predicted molar refractivity (Wildman–Crippen MR) is 70.8 cm³/mol. The maximum Gasteiger partial charge on any atom is 0.323 e. The van der Waals surface area contributed by atoms with Crippen molar-refractivity contribution in [3.8, 4) is 0 Å². The topological polar surface area (TPSA) is 70.6 Å². The van der Waals surface area contributed by atoms with E-state index >= 15 is 0 Å². The molecule has 1 aromatic heterocycles. The van der Waals surface area contributed by atoms with E-state index in [0.717, 1.165) is 18.8 Å². The predicted octanol–water partition coefficient (Wildman–Crippen LogP) is 0.401. The Bertz CT molecular complexity index is 446. The molecule has 1 N–H and O–H groups in total. The largest absolute Gasteiger partial charge is 0.378 e. The normalized spacial score (nSPS) is 15.5. The second-order valence-corrected chi connectivity index (χ2v) is 4.78. The van der Waals surface area contributed by atoms with E-state index < -0.39 is 0 Å². The first-order chi connectivity index (χ1) is 9.10. The van der Waals surface area contributed by atoms with Gasteiger partial charge in [0.1, 0.15) is 12.1 Å². The fourth-order valence-electron chi connectivity index (χ4n) is 1.83. The Kier molecular flexibility index (Phi) is 4.28. The van der Waals surface area contributed by atoms with Gasteiger partial charge in [0, 0.05) is 32.3 Å². The van der Waals surface area contributed by atoms with Gasteiger partial charge in [0.2, 0.25) is 0 Å². The number of carbonyl (C=O) groups excluding carboxylic acids is 1. The molecule has 0 atom stereocenters. The minimum atomic E-state index is -0.125. The highest BCUT2D eigenvalue weighted by molar-refractivity contribution is 5.88. The van der Waals surface area contributed by atoms with Crippen molar-refractivity contribution >= 4 is 11.8 Å². The number of hydrogen-bond acceptors (Lipinski definition) is 5. The van der Waals surface area contributed by atoms with Crippen LogP contribution in [-0.4, -0.2) is 66.1 Å². The van der Waals surface area contributed by atoms with Crippen molar-refractivity contribution in [1.29, 1.82) is 0 Å². The highest BCUT2D eigenvalue weighted by Crippen LogP contribution is 2.14. The fraction of sp³-hybridized carbons (Fsp3) is 0.583. The van der Waals surface area contributed by atoms with E-state index in [1.165, 1.54) is 6.33 Å². The van der Waals surface area contributed by atoms with Crippen molar-refractivity contribution in [2.24, 2.45) is 0 Å². The number of likely N-dealkylation sites (N-methyl/N-ethyl adjacent to an activating group) is 1. The summed E-state index contributed by atoms with van der Waals surface area (Å²) in [7, 11) is 5.63. The Morgan fingerprint density at radius 2 is 2.26 bits per heavy atom.